The van der Waals surface area contributed by atoms with Crippen molar-refractivity contribution in [1.29, 1.82) is 0 Å². The third-order valence-electron chi connectivity index (χ3n) is 3.89. The van der Waals surface area contributed by atoms with Crippen molar-refractivity contribution < 1.29 is 27.0 Å². The molecule has 3 rings (SSSR count). The molecule has 0 spiro atoms. The number of alkyl halides is 3. The predicted molar refractivity (Wildman–Crippen MR) is 89.3 cm³/mol. The summed E-state index contributed by atoms with van der Waals surface area (Å²) in [5.74, 6) is -0.0179. The zero-order chi connectivity index (χ0) is 19.6. The summed E-state index contributed by atoms with van der Waals surface area (Å²) in [6, 6.07) is 5.23. The van der Waals surface area contributed by atoms with Crippen molar-refractivity contribution >= 4 is 0 Å². The van der Waals surface area contributed by atoms with Crippen molar-refractivity contribution in [3.8, 4) is 17.1 Å². The summed E-state index contributed by atoms with van der Waals surface area (Å²) >= 11 is 0. The molecule has 0 aliphatic rings. The van der Waals surface area contributed by atoms with Crippen molar-refractivity contribution in [2.45, 2.75) is 39.8 Å². The van der Waals surface area contributed by atoms with Crippen LogP contribution in [-0.2, 0) is 12.6 Å². The van der Waals surface area contributed by atoms with Gasteiger partial charge in [0.25, 0.3) is 0 Å². The number of aryl methyl sites for hydroxylation is 4. The third kappa shape index (κ3) is 4.47. The second-order valence-corrected chi connectivity index (χ2v) is 6.24. The minimum atomic E-state index is -4.67. The molecule has 0 saturated heterocycles. The van der Waals surface area contributed by atoms with E-state index in [0.29, 0.717) is 17.9 Å². The van der Waals surface area contributed by atoms with E-state index in [1.54, 1.807) is 12.1 Å². The van der Waals surface area contributed by atoms with E-state index < -0.39 is 12.1 Å². The lowest BCUT2D eigenvalue weighted by atomic mass is 10.1. The smallest absolute Gasteiger partial charge is 0.471 e. The van der Waals surface area contributed by atoms with Crippen LogP contribution in [0, 0.1) is 20.8 Å². The minimum Gasteiger partial charge on any atom is -0.493 e. The number of ether oxygens (including phenoxy) is 1. The van der Waals surface area contributed by atoms with Crippen LogP contribution in [0.3, 0.4) is 0 Å². The minimum absolute atomic E-state index is 0.110. The van der Waals surface area contributed by atoms with E-state index in [2.05, 4.69) is 19.8 Å². The van der Waals surface area contributed by atoms with Gasteiger partial charge in [-0.2, -0.15) is 18.2 Å². The number of hydrogen-bond acceptors (Lipinski definition) is 6. The van der Waals surface area contributed by atoms with Gasteiger partial charge in [-0.15, -0.1) is 0 Å². The molecule has 1 aromatic carbocycles. The highest BCUT2D eigenvalue weighted by molar-refractivity contribution is 5.61. The van der Waals surface area contributed by atoms with Crippen LogP contribution in [0.1, 0.15) is 34.9 Å². The van der Waals surface area contributed by atoms with Crippen LogP contribution < -0.4 is 4.74 Å². The van der Waals surface area contributed by atoms with Gasteiger partial charge in [0.1, 0.15) is 11.5 Å². The maximum Gasteiger partial charge on any atom is 0.471 e. The molecule has 0 fully saturated rings. The van der Waals surface area contributed by atoms with Gasteiger partial charge in [-0.1, -0.05) is 10.3 Å². The second kappa shape index (κ2) is 7.42. The van der Waals surface area contributed by atoms with Crippen LogP contribution in [0.15, 0.2) is 27.2 Å². The zero-order valence-electron chi connectivity index (χ0n) is 15.1. The molecule has 2 aromatic heterocycles. The van der Waals surface area contributed by atoms with Crippen molar-refractivity contribution in [1.82, 2.24) is 15.3 Å². The van der Waals surface area contributed by atoms with Crippen LogP contribution in [-0.4, -0.2) is 21.9 Å². The molecular formula is C18H18F3N3O3. The second-order valence-electron chi connectivity index (χ2n) is 6.24. The number of nitrogens with zero attached hydrogens (tertiary/aromatic N) is 3. The number of hydrogen-bond donors (Lipinski definition) is 0. The molecule has 0 aliphatic carbocycles. The van der Waals surface area contributed by atoms with Crippen LogP contribution in [0.5, 0.6) is 5.75 Å². The van der Waals surface area contributed by atoms with Gasteiger partial charge in [-0.3, -0.25) is 0 Å². The molecule has 0 atom stereocenters. The molecule has 0 amide bonds. The van der Waals surface area contributed by atoms with Gasteiger partial charge in [0, 0.05) is 11.6 Å². The third-order valence-corrected chi connectivity index (χ3v) is 3.89. The van der Waals surface area contributed by atoms with Gasteiger partial charge >= 0.3 is 12.1 Å². The molecular weight excluding hydrogens is 363 g/mol. The SMILES string of the molecule is Cc1cc(CCCOc2c(C)cc(-c3noc(C(F)(F)F)n3)cc2C)no1. The van der Waals surface area contributed by atoms with Gasteiger partial charge in [0.2, 0.25) is 5.82 Å². The lowest BCUT2D eigenvalue weighted by Crippen LogP contribution is -2.05. The Morgan fingerprint density at radius 1 is 1.00 bits per heavy atom. The molecule has 27 heavy (non-hydrogen) atoms. The summed E-state index contributed by atoms with van der Waals surface area (Å²) in [5, 5.41) is 7.34. The lowest BCUT2D eigenvalue weighted by molar-refractivity contribution is -0.159. The maximum atomic E-state index is 12.6. The number of benzene rings is 1. The summed E-state index contributed by atoms with van der Waals surface area (Å²) in [5.41, 5.74) is 2.87. The maximum absolute atomic E-state index is 12.6. The van der Waals surface area contributed by atoms with Crippen molar-refractivity contribution in [3.05, 3.63) is 46.7 Å². The lowest BCUT2D eigenvalue weighted by Gasteiger charge is -2.13. The Morgan fingerprint density at radius 2 is 1.70 bits per heavy atom. The highest BCUT2D eigenvalue weighted by atomic mass is 19.4. The molecule has 0 saturated carbocycles. The average Bonchev–Trinajstić information content (AvgIpc) is 3.22. The first-order valence-electron chi connectivity index (χ1n) is 8.31. The summed E-state index contributed by atoms with van der Waals surface area (Å²) < 4.78 is 53.0. The van der Waals surface area contributed by atoms with E-state index in [1.807, 2.05) is 26.8 Å². The van der Waals surface area contributed by atoms with E-state index in [-0.39, 0.29) is 5.82 Å². The molecule has 3 aromatic rings. The first-order chi connectivity index (χ1) is 12.7. The van der Waals surface area contributed by atoms with Crippen LogP contribution in [0.4, 0.5) is 13.2 Å². The van der Waals surface area contributed by atoms with Crippen molar-refractivity contribution in [2.75, 3.05) is 6.61 Å². The Balaban J connectivity index is 1.66. The van der Waals surface area contributed by atoms with Gasteiger partial charge < -0.3 is 13.8 Å². The molecule has 0 radical (unpaired) electrons. The molecule has 0 aliphatic heterocycles. The molecule has 0 unspecified atom stereocenters. The van der Waals surface area contributed by atoms with E-state index in [4.69, 9.17) is 9.26 Å². The fourth-order valence-corrected chi connectivity index (χ4v) is 2.73. The molecule has 0 bridgehead atoms. The average molecular weight is 381 g/mol. The number of halogens is 3. The van der Waals surface area contributed by atoms with Crippen LogP contribution in [0.2, 0.25) is 0 Å². The summed E-state index contributed by atoms with van der Waals surface area (Å²) in [4.78, 5) is 3.42. The van der Waals surface area contributed by atoms with E-state index in [0.717, 1.165) is 35.4 Å². The Hall–Kier alpha value is -2.84. The molecule has 9 heteroatoms. The summed E-state index contributed by atoms with van der Waals surface area (Å²) in [7, 11) is 0. The Morgan fingerprint density at radius 3 is 2.26 bits per heavy atom. The molecule has 144 valence electrons. The fraction of sp³-hybridized carbons (Fsp3) is 0.389. The Kier molecular flexibility index (Phi) is 5.20. The quantitative estimate of drug-likeness (QED) is 0.577. The predicted octanol–water partition coefficient (Wildman–Crippen LogP) is 4.68. The van der Waals surface area contributed by atoms with Gasteiger partial charge in [-0.25, -0.2) is 0 Å². The topological polar surface area (TPSA) is 74.2 Å². The van der Waals surface area contributed by atoms with E-state index in [9.17, 15) is 13.2 Å². The highest BCUT2D eigenvalue weighted by Gasteiger charge is 2.38. The monoisotopic (exact) mass is 381 g/mol. The Bertz CT molecular complexity index is 908. The number of rotatable bonds is 6. The highest BCUT2D eigenvalue weighted by Crippen LogP contribution is 2.32. The normalized spacial score (nSPS) is 11.8. The van der Waals surface area contributed by atoms with Crippen molar-refractivity contribution in [2.24, 2.45) is 0 Å². The summed E-state index contributed by atoms with van der Waals surface area (Å²) in [6.07, 6.45) is -3.18. The van der Waals surface area contributed by atoms with Gasteiger partial charge in [-0.05, 0) is 56.9 Å². The largest absolute Gasteiger partial charge is 0.493 e. The zero-order valence-corrected chi connectivity index (χ0v) is 15.1. The molecule has 2 heterocycles. The van der Waals surface area contributed by atoms with Gasteiger partial charge in [0.05, 0.1) is 12.3 Å². The number of aromatic nitrogens is 3. The van der Waals surface area contributed by atoms with Gasteiger partial charge in [0.15, 0.2) is 0 Å². The fourth-order valence-electron chi connectivity index (χ4n) is 2.73. The van der Waals surface area contributed by atoms with Crippen molar-refractivity contribution in [3.63, 3.8) is 0 Å². The van der Waals surface area contributed by atoms with Crippen LogP contribution >= 0.6 is 0 Å². The standard InChI is InChI=1S/C18H18F3N3O3/c1-10-7-13(16-22-17(27-24-16)18(19,20)21)8-11(2)15(10)25-6-4-5-14-9-12(3)26-23-14/h7-9H,4-6H2,1-3H3. The van der Waals surface area contributed by atoms with E-state index >= 15 is 0 Å². The summed E-state index contributed by atoms with van der Waals surface area (Å²) in [6.45, 7) is 5.95. The molecule has 6 nitrogen and oxygen atoms in total. The molecule has 0 N–H and O–H groups in total. The van der Waals surface area contributed by atoms with E-state index in [1.165, 1.54) is 0 Å². The first-order valence-corrected chi connectivity index (χ1v) is 8.31. The van der Waals surface area contributed by atoms with Crippen LogP contribution in [0.25, 0.3) is 11.4 Å². The Labute approximate surface area is 153 Å². The first kappa shape index (κ1) is 18.9.